The van der Waals surface area contributed by atoms with Crippen molar-refractivity contribution in [3.05, 3.63) is 170 Å². The largest absolute Gasteiger partial charge is 0.306 e. The molecule has 2 heteroatoms. The number of nitrogens with zero attached hydrogens (tertiary/aromatic N) is 2. The first-order chi connectivity index (χ1) is 22.3. The van der Waals surface area contributed by atoms with Gasteiger partial charge in [0.1, 0.15) is 5.65 Å². The Labute approximate surface area is 261 Å². The van der Waals surface area contributed by atoms with Crippen molar-refractivity contribution in [1.82, 2.24) is 9.38 Å². The number of rotatable bonds is 4. The summed E-state index contributed by atoms with van der Waals surface area (Å²) in [6.45, 7) is 0. The third kappa shape index (κ3) is 4.15. The van der Waals surface area contributed by atoms with Gasteiger partial charge >= 0.3 is 0 Å². The molecule has 2 aromatic heterocycles. The molecular formula is C43H28N2. The number of fused-ring (bicyclic) bond motifs is 4. The molecule has 0 N–H and O–H groups in total. The lowest BCUT2D eigenvalue weighted by Gasteiger charge is -2.19. The fraction of sp³-hybridized carbons (Fsp3) is 0. The maximum atomic E-state index is 4.97. The van der Waals surface area contributed by atoms with E-state index in [4.69, 9.17) is 4.98 Å². The van der Waals surface area contributed by atoms with Crippen LogP contribution in [-0.2, 0) is 0 Å². The van der Waals surface area contributed by atoms with Gasteiger partial charge in [-0.05, 0) is 77.8 Å². The Morgan fingerprint density at radius 2 is 0.844 bits per heavy atom. The average Bonchev–Trinajstić information content (AvgIpc) is 3.55. The SMILES string of the molecule is c1ccc(-c2ccc(-c3c4ccccc4c(-c4ccc(-c5cn6ccccc6n5)c5ccccc45)c4ccccc34)cc2)cc1. The van der Waals surface area contributed by atoms with Crippen LogP contribution in [0, 0.1) is 0 Å². The summed E-state index contributed by atoms with van der Waals surface area (Å²) < 4.78 is 2.09. The number of imidazole rings is 1. The first-order valence-electron chi connectivity index (χ1n) is 15.4. The van der Waals surface area contributed by atoms with Gasteiger partial charge in [-0.2, -0.15) is 0 Å². The van der Waals surface area contributed by atoms with Crippen LogP contribution in [-0.4, -0.2) is 9.38 Å². The van der Waals surface area contributed by atoms with E-state index in [0.717, 1.165) is 16.9 Å². The first kappa shape index (κ1) is 25.5. The van der Waals surface area contributed by atoms with Crippen molar-refractivity contribution in [3.63, 3.8) is 0 Å². The maximum absolute atomic E-state index is 4.97. The van der Waals surface area contributed by atoms with Gasteiger partial charge in [-0.15, -0.1) is 0 Å². The van der Waals surface area contributed by atoms with Crippen LogP contribution in [0.1, 0.15) is 0 Å². The van der Waals surface area contributed by atoms with Crippen LogP contribution >= 0.6 is 0 Å². The van der Waals surface area contributed by atoms with Crippen LogP contribution in [0.25, 0.3) is 82.6 Å². The molecular weight excluding hydrogens is 544 g/mol. The molecule has 0 saturated heterocycles. The van der Waals surface area contributed by atoms with Gasteiger partial charge in [-0.25, -0.2) is 4.98 Å². The van der Waals surface area contributed by atoms with E-state index in [1.165, 1.54) is 65.7 Å². The van der Waals surface area contributed by atoms with Crippen LogP contribution in [0.2, 0.25) is 0 Å². The molecule has 0 bridgehead atoms. The highest BCUT2D eigenvalue weighted by Crippen LogP contribution is 2.46. The van der Waals surface area contributed by atoms with Crippen molar-refractivity contribution in [2.45, 2.75) is 0 Å². The molecule has 2 heterocycles. The summed E-state index contributed by atoms with van der Waals surface area (Å²) in [5.41, 5.74) is 10.5. The van der Waals surface area contributed by atoms with Gasteiger partial charge in [0, 0.05) is 18.0 Å². The molecule has 0 aliphatic rings. The van der Waals surface area contributed by atoms with E-state index in [1.54, 1.807) is 0 Å². The lowest BCUT2D eigenvalue weighted by molar-refractivity contribution is 1.19. The van der Waals surface area contributed by atoms with Gasteiger partial charge in [0.05, 0.1) is 5.69 Å². The Morgan fingerprint density at radius 3 is 1.49 bits per heavy atom. The molecule has 0 radical (unpaired) electrons. The van der Waals surface area contributed by atoms with Gasteiger partial charge in [0.2, 0.25) is 0 Å². The molecule has 0 spiro atoms. The quantitative estimate of drug-likeness (QED) is 0.192. The zero-order valence-electron chi connectivity index (χ0n) is 24.6. The molecule has 7 aromatic carbocycles. The fourth-order valence-electron chi connectivity index (χ4n) is 6.99. The number of hydrogen-bond acceptors (Lipinski definition) is 1. The molecule has 0 fully saturated rings. The van der Waals surface area contributed by atoms with Crippen LogP contribution in [0.15, 0.2) is 170 Å². The van der Waals surface area contributed by atoms with E-state index in [1.807, 2.05) is 12.1 Å². The Morgan fingerprint density at radius 1 is 0.356 bits per heavy atom. The molecule has 0 saturated carbocycles. The van der Waals surface area contributed by atoms with E-state index in [-0.39, 0.29) is 0 Å². The summed E-state index contributed by atoms with van der Waals surface area (Å²) in [7, 11) is 0. The Bertz CT molecular complexity index is 2430. The van der Waals surface area contributed by atoms with Crippen LogP contribution in [0.4, 0.5) is 0 Å². The molecule has 210 valence electrons. The maximum Gasteiger partial charge on any atom is 0.137 e. The highest BCUT2D eigenvalue weighted by molar-refractivity contribution is 6.24. The van der Waals surface area contributed by atoms with Gasteiger partial charge in [0.15, 0.2) is 0 Å². The summed E-state index contributed by atoms with van der Waals surface area (Å²) in [6, 6.07) is 56.8. The molecule has 2 nitrogen and oxygen atoms in total. The molecule has 45 heavy (non-hydrogen) atoms. The van der Waals surface area contributed by atoms with Crippen LogP contribution < -0.4 is 0 Å². The highest BCUT2D eigenvalue weighted by atomic mass is 15.0. The fourth-order valence-corrected chi connectivity index (χ4v) is 6.99. The standard InChI is InChI=1S/C43H28N2/c1-2-12-29(13-3-1)30-21-23-31(24-22-30)42-35-16-6-8-18-37(35)43(38-19-9-7-17-36(38)42)39-26-25-34(32-14-4-5-15-33(32)39)40-28-45-27-11-10-20-41(45)44-40/h1-28H. The summed E-state index contributed by atoms with van der Waals surface area (Å²) in [5, 5.41) is 7.45. The van der Waals surface area contributed by atoms with Gasteiger partial charge < -0.3 is 4.40 Å². The lowest BCUT2D eigenvalue weighted by atomic mass is 9.84. The third-order valence-corrected chi connectivity index (χ3v) is 9.05. The second-order valence-corrected chi connectivity index (χ2v) is 11.6. The average molecular weight is 573 g/mol. The molecule has 9 rings (SSSR count). The molecule has 0 unspecified atom stereocenters. The predicted molar refractivity (Wildman–Crippen MR) is 189 cm³/mol. The monoisotopic (exact) mass is 572 g/mol. The van der Waals surface area contributed by atoms with Gasteiger partial charge in [0.25, 0.3) is 0 Å². The number of aromatic nitrogens is 2. The van der Waals surface area contributed by atoms with E-state index in [9.17, 15) is 0 Å². The minimum absolute atomic E-state index is 0.949. The van der Waals surface area contributed by atoms with Gasteiger partial charge in [-0.3, -0.25) is 0 Å². The van der Waals surface area contributed by atoms with Crippen LogP contribution in [0.3, 0.4) is 0 Å². The van der Waals surface area contributed by atoms with Crippen molar-refractivity contribution < 1.29 is 0 Å². The first-order valence-corrected chi connectivity index (χ1v) is 15.4. The van der Waals surface area contributed by atoms with Crippen molar-refractivity contribution in [2.24, 2.45) is 0 Å². The molecule has 0 amide bonds. The van der Waals surface area contributed by atoms with Crippen molar-refractivity contribution >= 4 is 38.0 Å². The zero-order valence-corrected chi connectivity index (χ0v) is 24.6. The second kappa shape index (κ2) is 10.3. The highest BCUT2D eigenvalue weighted by Gasteiger charge is 2.19. The normalized spacial score (nSPS) is 11.6. The number of pyridine rings is 1. The number of hydrogen-bond donors (Lipinski definition) is 0. The lowest BCUT2D eigenvalue weighted by Crippen LogP contribution is -1.92. The minimum Gasteiger partial charge on any atom is -0.306 e. The third-order valence-electron chi connectivity index (χ3n) is 9.05. The van der Waals surface area contributed by atoms with E-state index >= 15 is 0 Å². The summed E-state index contributed by atoms with van der Waals surface area (Å²) in [4.78, 5) is 4.97. The van der Waals surface area contributed by atoms with Crippen molar-refractivity contribution in [1.29, 1.82) is 0 Å². The predicted octanol–water partition coefficient (Wildman–Crippen LogP) is 11.5. The molecule has 0 atom stereocenters. The number of benzene rings is 7. The summed E-state index contributed by atoms with van der Waals surface area (Å²) in [5.74, 6) is 0. The van der Waals surface area contributed by atoms with Crippen molar-refractivity contribution in [3.8, 4) is 44.6 Å². The zero-order chi connectivity index (χ0) is 29.7. The Balaban J connectivity index is 1.29. The van der Waals surface area contributed by atoms with E-state index < -0.39 is 0 Å². The Hall–Kier alpha value is -5.99. The smallest absolute Gasteiger partial charge is 0.137 e. The van der Waals surface area contributed by atoms with Crippen LogP contribution in [0.5, 0.6) is 0 Å². The van der Waals surface area contributed by atoms with Crippen molar-refractivity contribution in [2.75, 3.05) is 0 Å². The van der Waals surface area contributed by atoms with E-state index in [0.29, 0.717) is 0 Å². The Kier molecular flexibility index (Phi) is 5.85. The molecule has 9 aromatic rings. The molecule has 0 aliphatic heterocycles. The minimum atomic E-state index is 0.949. The second-order valence-electron chi connectivity index (χ2n) is 11.6. The summed E-state index contributed by atoms with van der Waals surface area (Å²) >= 11 is 0. The molecule has 0 aliphatic carbocycles. The summed E-state index contributed by atoms with van der Waals surface area (Å²) in [6.07, 6.45) is 4.18. The van der Waals surface area contributed by atoms with Gasteiger partial charge in [-0.1, -0.05) is 146 Å². The van der Waals surface area contributed by atoms with E-state index in [2.05, 4.69) is 162 Å². The topological polar surface area (TPSA) is 17.3 Å².